The molecule has 0 saturated carbocycles. The highest BCUT2D eigenvalue weighted by molar-refractivity contribution is 5.63. The SMILES string of the molecule is CN1C[C@@H]2C[C@H]1CN2c1ccc(Nc2nccc(-c3cc[nH]c3)n2)cc1. The maximum Gasteiger partial charge on any atom is 0.227 e. The Hall–Kier alpha value is -2.86. The van der Waals surface area contributed by atoms with Crippen molar-refractivity contribution in [3.05, 3.63) is 55.0 Å². The second-order valence-corrected chi connectivity index (χ2v) is 7.17. The third kappa shape index (κ3) is 2.72. The summed E-state index contributed by atoms with van der Waals surface area (Å²) in [4.78, 5) is 17.0. The first-order valence-electron chi connectivity index (χ1n) is 9.06. The van der Waals surface area contributed by atoms with Crippen molar-refractivity contribution in [1.29, 1.82) is 0 Å². The van der Waals surface area contributed by atoms with Crippen LogP contribution in [0.15, 0.2) is 55.0 Å². The number of H-pyrrole nitrogens is 1. The Bertz CT molecular complexity index is 887. The summed E-state index contributed by atoms with van der Waals surface area (Å²) in [5.74, 6) is 0.610. The molecule has 2 atom stereocenters. The molecule has 0 spiro atoms. The fraction of sp³-hybridized carbons (Fsp3) is 0.300. The van der Waals surface area contributed by atoms with Crippen LogP contribution >= 0.6 is 0 Å². The fourth-order valence-electron chi connectivity index (χ4n) is 4.11. The number of fused-ring (bicyclic) bond motifs is 2. The van der Waals surface area contributed by atoms with Gasteiger partial charge < -0.3 is 15.2 Å². The highest BCUT2D eigenvalue weighted by atomic mass is 15.3. The van der Waals surface area contributed by atoms with E-state index in [1.54, 1.807) is 6.20 Å². The van der Waals surface area contributed by atoms with E-state index in [1.165, 1.54) is 18.7 Å². The van der Waals surface area contributed by atoms with Crippen molar-refractivity contribution in [3.63, 3.8) is 0 Å². The second kappa shape index (κ2) is 6.14. The summed E-state index contributed by atoms with van der Waals surface area (Å²) in [6, 6.07) is 13.9. The number of likely N-dealkylation sites (N-methyl/N-ethyl adjacent to an activating group) is 1. The van der Waals surface area contributed by atoms with E-state index in [2.05, 4.69) is 61.4 Å². The van der Waals surface area contributed by atoms with Gasteiger partial charge >= 0.3 is 0 Å². The minimum absolute atomic E-state index is 0.610. The monoisotopic (exact) mass is 346 g/mol. The van der Waals surface area contributed by atoms with E-state index in [0.29, 0.717) is 18.0 Å². The first-order chi connectivity index (χ1) is 12.8. The van der Waals surface area contributed by atoms with Gasteiger partial charge in [0, 0.05) is 60.7 Å². The Morgan fingerprint density at radius 3 is 2.65 bits per heavy atom. The number of anilines is 3. The molecule has 0 aliphatic carbocycles. The predicted molar refractivity (Wildman–Crippen MR) is 104 cm³/mol. The van der Waals surface area contributed by atoms with E-state index in [-0.39, 0.29) is 0 Å². The molecule has 0 amide bonds. The molecule has 2 saturated heterocycles. The van der Waals surface area contributed by atoms with E-state index < -0.39 is 0 Å². The number of benzene rings is 1. The number of nitrogens with zero attached hydrogens (tertiary/aromatic N) is 4. The van der Waals surface area contributed by atoms with Crippen LogP contribution in [0, 0.1) is 0 Å². The molecule has 0 radical (unpaired) electrons. The molecule has 5 rings (SSSR count). The molecule has 132 valence electrons. The molecule has 26 heavy (non-hydrogen) atoms. The minimum Gasteiger partial charge on any atom is -0.367 e. The maximum absolute atomic E-state index is 4.59. The summed E-state index contributed by atoms with van der Waals surface area (Å²) in [6.45, 7) is 2.31. The summed E-state index contributed by atoms with van der Waals surface area (Å²) in [5, 5.41) is 3.31. The number of piperazine rings is 1. The summed E-state index contributed by atoms with van der Waals surface area (Å²) in [7, 11) is 2.23. The van der Waals surface area contributed by atoms with Crippen LogP contribution in [0.25, 0.3) is 11.3 Å². The molecule has 2 N–H and O–H groups in total. The molecule has 2 aromatic heterocycles. The fourth-order valence-corrected chi connectivity index (χ4v) is 4.11. The van der Waals surface area contributed by atoms with Crippen LogP contribution in [0.4, 0.5) is 17.3 Å². The average molecular weight is 346 g/mol. The minimum atomic E-state index is 0.610. The van der Waals surface area contributed by atoms with E-state index in [0.717, 1.165) is 23.5 Å². The molecule has 3 aromatic rings. The van der Waals surface area contributed by atoms with Crippen LogP contribution in [-0.2, 0) is 0 Å². The molecule has 2 fully saturated rings. The van der Waals surface area contributed by atoms with Gasteiger partial charge in [0.1, 0.15) is 0 Å². The van der Waals surface area contributed by atoms with Crippen molar-refractivity contribution in [2.45, 2.75) is 18.5 Å². The molecule has 1 aromatic carbocycles. The van der Waals surface area contributed by atoms with Gasteiger partial charge in [0.25, 0.3) is 0 Å². The average Bonchev–Trinajstić information content (AvgIpc) is 3.39. The Morgan fingerprint density at radius 1 is 1.08 bits per heavy atom. The molecule has 0 unspecified atom stereocenters. The number of rotatable bonds is 4. The van der Waals surface area contributed by atoms with Gasteiger partial charge in [-0.05, 0) is 49.9 Å². The quantitative estimate of drug-likeness (QED) is 0.760. The molecule has 6 nitrogen and oxygen atoms in total. The van der Waals surface area contributed by atoms with Crippen molar-refractivity contribution in [1.82, 2.24) is 19.9 Å². The highest BCUT2D eigenvalue weighted by Gasteiger charge is 2.41. The van der Waals surface area contributed by atoms with E-state index >= 15 is 0 Å². The van der Waals surface area contributed by atoms with Crippen molar-refractivity contribution in [2.24, 2.45) is 0 Å². The van der Waals surface area contributed by atoms with Gasteiger partial charge in [-0.1, -0.05) is 0 Å². The van der Waals surface area contributed by atoms with Gasteiger partial charge in [0.05, 0.1) is 5.69 Å². The molecule has 4 heterocycles. The van der Waals surface area contributed by atoms with Crippen LogP contribution in [0.2, 0.25) is 0 Å². The normalized spacial score (nSPS) is 22.1. The van der Waals surface area contributed by atoms with Gasteiger partial charge in [0.15, 0.2) is 0 Å². The summed E-state index contributed by atoms with van der Waals surface area (Å²) in [6.07, 6.45) is 6.90. The van der Waals surface area contributed by atoms with Crippen LogP contribution in [0.3, 0.4) is 0 Å². The third-order valence-electron chi connectivity index (χ3n) is 5.52. The van der Waals surface area contributed by atoms with Crippen molar-refractivity contribution in [2.75, 3.05) is 30.4 Å². The highest BCUT2D eigenvalue weighted by Crippen LogP contribution is 2.34. The Balaban J connectivity index is 1.31. The Kier molecular flexibility index (Phi) is 3.64. The molecule has 2 aliphatic rings. The molecular weight excluding hydrogens is 324 g/mol. The van der Waals surface area contributed by atoms with Gasteiger partial charge in [-0.15, -0.1) is 0 Å². The van der Waals surface area contributed by atoms with Crippen molar-refractivity contribution >= 4 is 17.3 Å². The number of likely N-dealkylation sites (tertiary alicyclic amines) is 1. The number of nitrogens with one attached hydrogen (secondary N) is 2. The topological polar surface area (TPSA) is 60.1 Å². The predicted octanol–water partition coefficient (Wildman–Crippen LogP) is 3.11. The lowest BCUT2D eigenvalue weighted by Crippen LogP contribution is -2.44. The summed E-state index contributed by atoms with van der Waals surface area (Å²) in [5.41, 5.74) is 4.26. The van der Waals surface area contributed by atoms with Crippen LogP contribution in [-0.4, -0.2) is 52.1 Å². The van der Waals surface area contributed by atoms with Crippen LogP contribution in [0.5, 0.6) is 0 Å². The standard InChI is InChI=1S/C20H22N6/c1-25-12-18-10-17(25)13-26(18)16-4-2-15(3-5-16)23-20-22-9-7-19(24-20)14-6-8-21-11-14/h2-9,11,17-18,21H,10,12-13H2,1H3,(H,22,23,24)/t17-,18-/m0/s1. The van der Waals surface area contributed by atoms with Crippen LogP contribution < -0.4 is 10.2 Å². The smallest absolute Gasteiger partial charge is 0.227 e. The zero-order valence-electron chi connectivity index (χ0n) is 14.8. The molecule has 2 bridgehead atoms. The maximum atomic E-state index is 4.59. The van der Waals surface area contributed by atoms with Crippen LogP contribution in [0.1, 0.15) is 6.42 Å². The van der Waals surface area contributed by atoms with Gasteiger partial charge in [0.2, 0.25) is 5.95 Å². The largest absolute Gasteiger partial charge is 0.367 e. The first kappa shape index (κ1) is 15.4. The number of hydrogen-bond donors (Lipinski definition) is 2. The number of hydrogen-bond acceptors (Lipinski definition) is 5. The van der Waals surface area contributed by atoms with Gasteiger partial charge in [-0.3, -0.25) is 4.90 Å². The zero-order chi connectivity index (χ0) is 17.5. The number of aromatic amines is 1. The van der Waals surface area contributed by atoms with Crippen molar-refractivity contribution in [3.8, 4) is 11.3 Å². The lowest BCUT2D eigenvalue weighted by molar-refractivity contribution is 0.292. The first-order valence-corrected chi connectivity index (χ1v) is 9.06. The lowest BCUT2D eigenvalue weighted by Gasteiger charge is -2.33. The molecule has 2 aliphatic heterocycles. The zero-order valence-corrected chi connectivity index (χ0v) is 14.8. The Labute approximate surface area is 152 Å². The van der Waals surface area contributed by atoms with E-state index in [4.69, 9.17) is 0 Å². The second-order valence-electron chi connectivity index (χ2n) is 7.17. The van der Waals surface area contributed by atoms with E-state index in [1.807, 2.05) is 24.5 Å². The summed E-state index contributed by atoms with van der Waals surface area (Å²) < 4.78 is 0. The molecular formula is C20H22N6. The number of aromatic nitrogens is 3. The lowest BCUT2D eigenvalue weighted by atomic mass is 10.2. The van der Waals surface area contributed by atoms with E-state index in [9.17, 15) is 0 Å². The van der Waals surface area contributed by atoms with Gasteiger partial charge in [-0.25, -0.2) is 9.97 Å². The summed E-state index contributed by atoms with van der Waals surface area (Å²) >= 11 is 0. The third-order valence-corrected chi connectivity index (χ3v) is 5.52. The Morgan fingerprint density at radius 2 is 1.96 bits per heavy atom. The molecule has 6 heteroatoms. The van der Waals surface area contributed by atoms with Crippen molar-refractivity contribution < 1.29 is 0 Å². The van der Waals surface area contributed by atoms with Gasteiger partial charge in [-0.2, -0.15) is 0 Å².